The molecule has 0 aliphatic carbocycles. The van der Waals surface area contributed by atoms with Crippen molar-refractivity contribution in [1.29, 1.82) is 0 Å². The fourth-order valence-corrected chi connectivity index (χ4v) is 3.38. The zero-order valence-electron chi connectivity index (χ0n) is 10.9. The summed E-state index contributed by atoms with van der Waals surface area (Å²) in [7, 11) is 1.67. The Morgan fingerprint density at radius 1 is 1.05 bits per heavy atom. The minimum absolute atomic E-state index is 0.106. The standard InChI is InChI=1S/C15H14Br3NO/c1-20-15-5-3-10(16)6-9(15)7-14(19)12-8-11(17)2-4-13(12)18/h2-6,8,14H,7,19H2,1H3. The number of halogens is 3. The van der Waals surface area contributed by atoms with E-state index in [1.165, 1.54) is 0 Å². The van der Waals surface area contributed by atoms with Crippen molar-refractivity contribution < 1.29 is 4.74 Å². The summed E-state index contributed by atoms with van der Waals surface area (Å²) in [5.41, 5.74) is 8.50. The molecule has 0 aliphatic heterocycles. The van der Waals surface area contributed by atoms with E-state index in [1.54, 1.807) is 7.11 Å². The number of methoxy groups -OCH3 is 1. The summed E-state index contributed by atoms with van der Waals surface area (Å²) in [5.74, 6) is 0.856. The smallest absolute Gasteiger partial charge is 0.122 e. The Hall–Kier alpha value is -0.360. The second-order valence-corrected chi connectivity index (χ2v) is 7.12. The van der Waals surface area contributed by atoms with Crippen molar-refractivity contribution >= 4 is 47.8 Å². The summed E-state index contributed by atoms with van der Waals surface area (Å²) in [5, 5.41) is 0. The molecule has 0 aromatic heterocycles. The third kappa shape index (κ3) is 3.85. The van der Waals surface area contributed by atoms with Crippen LogP contribution in [0.3, 0.4) is 0 Å². The fraction of sp³-hybridized carbons (Fsp3) is 0.200. The largest absolute Gasteiger partial charge is 0.496 e. The summed E-state index contributed by atoms with van der Waals surface area (Å²) in [4.78, 5) is 0. The number of hydrogen-bond donors (Lipinski definition) is 1. The summed E-state index contributed by atoms with van der Waals surface area (Å²) in [6.07, 6.45) is 0.706. The SMILES string of the molecule is COc1ccc(Br)cc1CC(N)c1cc(Br)ccc1Br. The first-order valence-electron chi connectivity index (χ1n) is 6.04. The van der Waals surface area contributed by atoms with E-state index in [-0.39, 0.29) is 6.04 Å². The minimum atomic E-state index is -0.106. The molecule has 2 nitrogen and oxygen atoms in total. The normalized spacial score (nSPS) is 12.2. The highest BCUT2D eigenvalue weighted by Crippen LogP contribution is 2.31. The van der Waals surface area contributed by atoms with Gasteiger partial charge in [-0.15, -0.1) is 0 Å². The van der Waals surface area contributed by atoms with Crippen molar-refractivity contribution in [3.63, 3.8) is 0 Å². The van der Waals surface area contributed by atoms with Crippen LogP contribution in [0.2, 0.25) is 0 Å². The van der Waals surface area contributed by atoms with Gasteiger partial charge >= 0.3 is 0 Å². The summed E-state index contributed by atoms with van der Waals surface area (Å²) in [6, 6.07) is 11.9. The number of hydrogen-bond acceptors (Lipinski definition) is 2. The van der Waals surface area contributed by atoms with Crippen LogP contribution in [0.4, 0.5) is 0 Å². The van der Waals surface area contributed by atoms with Gasteiger partial charge in [-0.1, -0.05) is 47.8 Å². The van der Waals surface area contributed by atoms with Gasteiger partial charge in [0.2, 0.25) is 0 Å². The van der Waals surface area contributed by atoms with Gasteiger partial charge in [-0.25, -0.2) is 0 Å². The highest BCUT2D eigenvalue weighted by molar-refractivity contribution is 9.11. The molecule has 2 N–H and O–H groups in total. The summed E-state index contributed by atoms with van der Waals surface area (Å²) < 4.78 is 8.45. The van der Waals surface area contributed by atoms with Crippen LogP contribution in [0.1, 0.15) is 17.2 Å². The van der Waals surface area contributed by atoms with Gasteiger partial charge in [0.15, 0.2) is 0 Å². The molecule has 2 aromatic carbocycles. The van der Waals surface area contributed by atoms with E-state index in [1.807, 2.05) is 36.4 Å². The molecule has 0 amide bonds. The first kappa shape index (κ1) is 16.0. The van der Waals surface area contributed by atoms with E-state index < -0.39 is 0 Å². The Bertz CT molecular complexity index is 616. The van der Waals surface area contributed by atoms with Crippen LogP contribution in [0.15, 0.2) is 49.8 Å². The molecule has 2 rings (SSSR count). The van der Waals surface area contributed by atoms with Crippen molar-refractivity contribution in [2.24, 2.45) is 5.73 Å². The van der Waals surface area contributed by atoms with Crippen LogP contribution >= 0.6 is 47.8 Å². The second kappa shape index (κ2) is 7.07. The Morgan fingerprint density at radius 2 is 1.70 bits per heavy atom. The highest BCUT2D eigenvalue weighted by atomic mass is 79.9. The first-order valence-corrected chi connectivity index (χ1v) is 8.42. The zero-order valence-corrected chi connectivity index (χ0v) is 15.6. The fourth-order valence-electron chi connectivity index (χ4n) is 2.05. The molecule has 0 bridgehead atoms. The maximum atomic E-state index is 6.35. The number of rotatable bonds is 4. The van der Waals surface area contributed by atoms with Crippen LogP contribution < -0.4 is 10.5 Å². The van der Waals surface area contributed by atoms with E-state index in [0.717, 1.165) is 30.3 Å². The van der Waals surface area contributed by atoms with Gasteiger partial charge in [0.25, 0.3) is 0 Å². The first-order chi connectivity index (χ1) is 9.51. The minimum Gasteiger partial charge on any atom is -0.496 e. The maximum Gasteiger partial charge on any atom is 0.122 e. The van der Waals surface area contributed by atoms with Crippen molar-refractivity contribution in [3.05, 3.63) is 60.9 Å². The summed E-state index contributed by atoms with van der Waals surface area (Å²) >= 11 is 10.5. The maximum absolute atomic E-state index is 6.35. The van der Waals surface area contributed by atoms with E-state index >= 15 is 0 Å². The molecule has 0 saturated carbocycles. The molecular formula is C15H14Br3NO. The Labute approximate surface area is 144 Å². The molecule has 0 heterocycles. The van der Waals surface area contributed by atoms with Gasteiger partial charge in [-0.2, -0.15) is 0 Å². The number of ether oxygens (including phenoxy) is 1. The molecule has 1 atom stereocenters. The Kier molecular flexibility index (Phi) is 5.66. The van der Waals surface area contributed by atoms with Gasteiger partial charge in [-0.05, 0) is 53.9 Å². The van der Waals surface area contributed by atoms with Gasteiger partial charge in [0.1, 0.15) is 5.75 Å². The number of benzene rings is 2. The highest BCUT2D eigenvalue weighted by Gasteiger charge is 2.14. The Balaban J connectivity index is 2.29. The average Bonchev–Trinajstić information content (AvgIpc) is 2.41. The van der Waals surface area contributed by atoms with Crippen molar-refractivity contribution in [2.75, 3.05) is 7.11 Å². The van der Waals surface area contributed by atoms with Gasteiger partial charge < -0.3 is 10.5 Å². The molecule has 0 radical (unpaired) electrons. The Morgan fingerprint density at radius 3 is 2.40 bits per heavy atom. The monoisotopic (exact) mass is 461 g/mol. The van der Waals surface area contributed by atoms with Crippen molar-refractivity contribution in [1.82, 2.24) is 0 Å². The molecular weight excluding hydrogens is 450 g/mol. The molecule has 0 aliphatic rings. The lowest BCUT2D eigenvalue weighted by atomic mass is 9.99. The third-order valence-electron chi connectivity index (χ3n) is 3.04. The van der Waals surface area contributed by atoms with E-state index in [0.29, 0.717) is 6.42 Å². The lowest BCUT2D eigenvalue weighted by Gasteiger charge is -2.16. The summed E-state index contributed by atoms with van der Waals surface area (Å²) in [6.45, 7) is 0. The zero-order chi connectivity index (χ0) is 14.7. The lowest BCUT2D eigenvalue weighted by Crippen LogP contribution is -2.14. The van der Waals surface area contributed by atoms with Gasteiger partial charge in [-0.3, -0.25) is 0 Å². The molecule has 0 fully saturated rings. The average molecular weight is 464 g/mol. The van der Waals surface area contributed by atoms with Crippen LogP contribution in [-0.4, -0.2) is 7.11 Å². The van der Waals surface area contributed by atoms with E-state index in [2.05, 4.69) is 47.8 Å². The van der Waals surface area contributed by atoms with Crippen molar-refractivity contribution in [2.45, 2.75) is 12.5 Å². The van der Waals surface area contributed by atoms with Gasteiger partial charge in [0.05, 0.1) is 7.11 Å². The van der Waals surface area contributed by atoms with E-state index in [9.17, 15) is 0 Å². The van der Waals surface area contributed by atoms with Crippen LogP contribution in [-0.2, 0) is 6.42 Å². The molecule has 2 aromatic rings. The predicted molar refractivity (Wildman–Crippen MR) is 93.2 cm³/mol. The van der Waals surface area contributed by atoms with Crippen LogP contribution in [0.25, 0.3) is 0 Å². The second-order valence-electron chi connectivity index (χ2n) is 4.43. The molecule has 5 heteroatoms. The van der Waals surface area contributed by atoms with Gasteiger partial charge in [0, 0.05) is 19.5 Å². The number of nitrogens with two attached hydrogens (primary N) is 1. The van der Waals surface area contributed by atoms with Crippen molar-refractivity contribution in [3.8, 4) is 5.75 Å². The van der Waals surface area contributed by atoms with Crippen LogP contribution in [0.5, 0.6) is 5.75 Å². The predicted octanol–water partition coefficient (Wildman–Crippen LogP) is 5.23. The topological polar surface area (TPSA) is 35.2 Å². The molecule has 1 unspecified atom stereocenters. The lowest BCUT2D eigenvalue weighted by molar-refractivity contribution is 0.408. The molecule has 0 spiro atoms. The molecule has 0 saturated heterocycles. The molecule has 106 valence electrons. The van der Waals surface area contributed by atoms with Crippen LogP contribution in [0, 0.1) is 0 Å². The quantitative estimate of drug-likeness (QED) is 0.674. The third-order valence-corrected chi connectivity index (χ3v) is 4.75. The molecule has 20 heavy (non-hydrogen) atoms. The van der Waals surface area contributed by atoms with E-state index in [4.69, 9.17) is 10.5 Å².